The number of aromatic hydroxyl groups is 1. The molecule has 2 N–H and O–H groups in total. The summed E-state index contributed by atoms with van der Waals surface area (Å²) in [4.78, 5) is 0. The lowest BCUT2D eigenvalue weighted by Crippen LogP contribution is -2.34. The van der Waals surface area contributed by atoms with Crippen LogP contribution in [0.3, 0.4) is 0 Å². The van der Waals surface area contributed by atoms with Crippen LogP contribution in [0.2, 0.25) is 0 Å². The molecule has 0 saturated carbocycles. The lowest BCUT2D eigenvalue weighted by Gasteiger charge is -2.36. The first-order chi connectivity index (χ1) is 11.7. The fourth-order valence-corrected chi connectivity index (χ4v) is 4.06. The van der Waals surface area contributed by atoms with E-state index in [2.05, 4.69) is 11.4 Å². The predicted molar refractivity (Wildman–Crippen MR) is 91.4 cm³/mol. The molecule has 2 aromatic rings. The molecule has 0 saturated heterocycles. The molecule has 0 fully saturated rings. The summed E-state index contributed by atoms with van der Waals surface area (Å²) in [6.07, 6.45) is 1.80. The van der Waals surface area contributed by atoms with Gasteiger partial charge in [-0.1, -0.05) is 6.07 Å². The molecular weight excluding hydrogens is 306 g/mol. The minimum absolute atomic E-state index is 0.136. The largest absolute Gasteiger partial charge is 0.504 e. The molecule has 24 heavy (non-hydrogen) atoms. The maximum Gasteiger partial charge on any atom is 0.169 e. The normalized spacial score (nSPS) is 17.7. The zero-order valence-electron chi connectivity index (χ0n) is 14.1. The van der Waals surface area contributed by atoms with Gasteiger partial charge in [0, 0.05) is 17.2 Å². The second-order valence-electron chi connectivity index (χ2n) is 6.17. The summed E-state index contributed by atoms with van der Waals surface area (Å²) in [6.45, 7) is 0.942. The molecule has 0 unspecified atom stereocenters. The van der Waals surface area contributed by atoms with Crippen LogP contribution in [0, 0.1) is 0 Å². The Kier molecular flexibility index (Phi) is 3.53. The fourth-order valence-electron chi connectivity index (χ4n) is 4.06. The molecule has 4 rings (SSSR count). The standard InChI is InChI=1S/C19H21NO4/c1-22-14-9-11-6-7-20-12-8-10-4-5-13(21)18(23-2)16(10)17(15(11)12)19(14)24-3/h4-5,9,12,20-21H,6-8H2,1-3H3/t12-/m1/s1. The van der Waals surface area contributed by atoms with Crippen LogP contribution in [0.25, 0.3) is 11.1 Å². The third kappa shape index (κ3) is 1.97. The van der Waals surface area contributed by atoms with Crippen LogP contribution in [-0.2, 0) is 12.8 Å². The monoisotopic (exact) mass is 327 g/mol. The van der Waals surface area contributed by atoms with Crippen molar-refractivity contribution in [2.75, 3.05) is 27.9 Å². The average molecular weight is 327 g/mol. The number of methoxy groups -OCH3 is 3. The van der Waals surface area contributed by atoms with Gasteiger partial charge in [-0.3, -0.25) is 0 Å². The van der Waals surface area contributed by atoms with Crippen molar-refractivity contribution in [3.63, 3.8) is 0 Å². The van der Waals surface area contributed by atoms with Crippen LogP contribution in [-0.4, -0.2) is 33.0 Å². The molecule has 1 aliphatic carbocycles. The van der Waals surface area contributed by atoms with E-state index < -0.39 is 0 Å². The summed E-state index contributed by atoms with van der Waals surface area (Å²) in [5.74, 6) is 2.03. The van der Waals surface area contributed by atoms with Gasteiger partial charge in [0.25, 0.3) is 0 Å². The number of hydrogen-bond acceptors (Lipinski definition) is 5. The molecule has 1 heterocycles. The van der Waals surface area contributed by atoms with E-state index in [1.807, 2.05) is 6.07 Å². The van der Waals surface area contributed by atoms with Gasteiger partial charge in [-0.15, -0.1) is 0 Å². The van der Waals surface area contributed by atoms with E-state index in [0.717, 1.165) is 36.1 Å². The van der Waals surface area contributed by atoms with Crippen molar-refractivity contribution in [3.8, 4) is 34.1 Å². The van der Waals surface area contributed by atoms with Crippen molar-refractivity contribution in [1.82, 2.24) is 5.32 Å². The summed E-state index contributed by atoms with van der Waals surface area (Å²) in [5, 5.41) is 13.9. The fraction of sp³-hybridized carbons (Fsp3) is 0.368. The van der Waals surface area contributed by atoms with E-state index in [4.69, 9.17) is 14.2 Å². The number of ether oxygens (including phenoxy) is 3. The van der Waals surface area contributed by atoms with Gasteiger partial charge in [-0.25, -0.2) is 0 Å². The molecule has 0 radical (unpaired) electrons. The van der Waals surface area contributed by atoms with E-state index in [1.165, 1.54) is 11.1 Å². The van der Waals surface area contributed by atoms with Crippen LogP contribution >= 0.6 is 0 Å². The molecule has 126 valence electrons. The van der Waals surface area contributed by atoms with Gasteiger partial charge in [-0.2, -0.15) is 0 Å². The molecule has 0 amide bonds. The minimum Gasteiger partial charge on any atom is -0.504 e. The summed E-state index contributed by atoms with van der Waals surface area (Å²) in [6, 6.07) is 5.97. The van der Waals surface area contributed by atoms with Gasteiger partial charge in [0.2, 0.25) is 0 Å². The zero-order chi connectivity index (χ0) is 16.8. The van der Waals surface area contributed by atoms with Gasteiger partial charge in [0.15, 0.2) is 23.0 Å². The Morgan fingerprint density at radius 2 is 1.79 bits per heavy atom. The number of fused-ring (bicyclic) bond motifs is 2. The van der Waals surface area contributed by atoms with Crippen molar-refractivity contribution in [1.29, 1.82) is 0 Å². The number of rotatable bonds is 3. The Bertz CT molecular complexity index is 816. The van der Waals surface area contributed by atoms with E-state index >= 15 is 0 Å². The van der Waals surface area contributed by atoms with Crippen LogP contribution in [0.4, 0.5) is 0 Å². The van der Waals surface area contributed by atoms with Crippen molar-refractivity contribution < 1.29 is 19.3 Å². The average Bonchev–Trinajstić information content (AvgIpc) is 2.61. The summed E-state index contributed by atoms with van der Waals surface area (Å²) in [7, 11) is 4.88. The lowest BCUT2D eigenvalue weighted by molar-refractivity contribution is 0.351. The summed E-state index contributed by atoms with van der Waals surface area (Å²) >= 11 is 0. The highest BCUT2D eigenvalue weighted by molar-refractivity contribution is 5.88. The highest BCUT2D eigenvalue weighted by Crippen LogP contribution is 2.54. The van der Waals surface area contributed by atoms with Crippen molar-refractivity contribution in [3.05, 3.63) is 34.9 Å². The van der Waals surface area contributed by atoms with E-state index in [1.54, 1.807) is 27.4 Å². The topological polar surface area (TPSA) is 60.0 Å². The molecule has 0 aromatic heterocycles. The van der Waals surface area contributed by atoms with Crippen LogP contribution in [0.5, 0.6) is 23.0 Å². The highest BCUT2D eigenvalue weighted by atomic mass is 16.5. The molecule has 0 bridgehead atoms. The molecular formula is C19H21NO4. The van der Waals surface area contributed by atoms with Gasteiger partial charge < -0.3 is 24.6 Å². The Morgan fingerprint density at radius 1 is 1.00 bits per heavy atom. The highest BCUT2D eigenvalue weighted by Gasteiger charge is 2.36. The molecule has 1 aliphatic heterocycles. The second-order valence-corrected chi connectivity index (χ2v) is 6.17. The molecule has 1 atom stereocenters. The van der Waals surface area contributed by atoms with Crippen LogP contribution in [0.1, 0.15) is 22.7 Å². The van der Waals surface area contributed by atoms with Gasteiger partial charge in [-0.05, 0) is 48.2 Å². The number of nitrogens with one attached hydrogen (secondary N) is 1. The zero-order valence-corrected chi connectivity index (χ0v) is 14.1. The third-order valence-electron chi connectivity index (χ3n) is 5.03. The van der Waals surface area contributed by atoms with Gasteiger partial charge in [0.05, 0.1) is 21.3 Å². The number of phenols is 1. The molecule has 5 nitrogen and oxygen atoms in total. The van der Waals surface area contributed by atoms with Crippen molar-refractivity contribution in [2.45, 2.75) is 18.9 Å². The molecule has 2 aromatic carbocycles. The maximum atomic E-state index is 10.3. The first-order valence-corrected chi connectivity index (χ1v) is 8.10. The van der Waals surface area contributed by atoms with E-state index in [9.17, 15) is 5.11 Å². The quantitative estimate of drug-likeness (QED) is 0.908. The number of benzene rings is 2. The van der Waals surface area contributed by atoms with Crippen molar-refractivity contribution >= 4 is 0 Å². The predicted octanol–water partition coefficient (Wildman–Crippen LogP) is 2.83. The summed E-state index contributed by atoms with van der Waals surface area (Å²) < 4.78 is 16.8. The van der Waals surface area contributed by atoms with Crippen LogP contribution < -0.4 is 19.5 Å². The summed E-state index contributed by atoms with van der Waals surface area (Å²) in [5.41, 5.74) is 5.51. The Morgan fingerprint density at radius 3 is 2.50 bits per heavy atom. The number of phenolic OH excluding ortho intramolecular Hbond substituents is 1. The third-order valence-corrected chi connectivity index (χ3v) is 5.03. The maximum absolute atomic E-state index is 10.3. The Balaban J connectivity index is 2.13. The van der Waals surface area contributed by atoms with E-state index in [0.29, 0.717) is 17.2 Å². The number of hydrogen-bond donors (Lipinski definition) is 2. The van der Waals surface area contributed by atoms with Crippen molar-refractivity contribution in [2.24, 2.45) is 0 Å². The smallest absolute Gasteiger partial charge is 0.169 e. The first kappa shape index (κ1) is 15.1. The molecule has 0 spiro atoms. The molecule has 2 aliphatic rings. The lowest BCUT2D eigenvalue weighted by atomic mass is 9.77. The SMILES string of the molecule is COc1cc2c3c(c1OC)-c1c(ccc(O)c1OC)C[C@H]3NCC2. The Hall–Kier alpha value is -2.40. The van der Waals surface area contributed by atoms with Gasteiger partial charge in [0.1, 0.15) is 0 Å². The minimum atomic E-state index is 0.136. The van der Waals surface area contributed by atoms with Crippen LogP contribution in [0.15, 0.2) is 18.2 Å². The first-order valence-electron chi connectivity index (χ1n) is 8.10. The van der Waals surface area contributed by atoms with Gasteiger partial charge >= 0.3 is 0 Å². The molecule has 5 heteroatoms. The van der Waals surface area contributed by atoms with E-state index in [-0.39, 0.29) is 11.8 Å². The second kappa shape index (κ2) is 5.60. The Labute approximate surface area is 141 Å².